The lowest BCUT2D eigenvalue weighted by atomic mass is 10.1. The first-order chi connectivity index (χ1) is 13.6. The molecule has 28 heavy (non-hydrogen) atoms. The minimum Gasteiger partial charge on any atom is -0.438 e. The molecular weight excluding hydrogens is 364 g/mol. The molecule has 0 saturated heterocycles. The van der Waals surface area contributed by atoms with Crippen molar-refractivity contribution in [2.75, 3.05) is 16.8 Å². The van der Waals surface area contributed by atoms with Crippen LogP contribution in [0.2, 0.25) is 0 Å². The molecule has 6 rings (SSSR count). The summed E-state index contributed by atoms with van der Waals surface area (Å²) in [5, 5.41) is 3.84. The first-order valence-corrected chi connectivity index (χ1v) is 10.4. The third-order valence-electron chi connectivity index (χ3n) is 6.01. The second kappa shape index (κ2) is 5.52. The van der Waals surface area contributed by atoms with E-state index in [0.717, 1.165) is 11.5 Å². The van der Waals surface area contributed by atoms with Gasteiger partial charge in [-0.2, -0.15) is 0 Å². The Hall–Kier alpha value is -2.98. The van der Waals surface area contributed by atoms with Crippen LogP contribution in [0.1, 0.15) is 12.5 Å². The zero-order valence-corrected chi connectivity index (χ0v) is 16.9. The van der Waals surface area contributed by atoms with Gasteiger partial charge >= 0.3 is 0 Å². The van der Waals surface area contributed by atoms with Gasteiger partial charge in [-0.25, -0.2) is 0 Å². The Morgan fingerprint density at radius 2 is 1.61 bits per heavy atom. The van der Waals surface area contributed by atoms with E-state index in [1.807, 2.05) is 17.4 Å². The van der Waals surface area contributed by atoms with Crippen molar-refractivity contribution >= 4 is 59.7 Å². The van der Waals surface area contributed by atoms with Crippen molar-refractivity contribution in [3.05, 3.63) is 66.2 Å². The molecule has 5 aromatic rings. The number of anilines is 3. The van der Waals surface area contributed by atoms with E-state index in [4.69, 9.17) is 4.42 Å². The molecule has 4 heteroatoms. The third kappa shape index (κ3) is 1.93. The Balaban J connectivity index is 1.72. The van der Waals surface area contributed by atoms with Crippen LogP contribution in [-0.2, 0) is 0 Å². The van der Waals surface area contributed by atoms with Crippen molar-refractivity contribution in [3.63, 3.8) is 0 Å². The second-order valence-electron chi connectivity index (χ2n) is 7.57. The minimum atomic E-state index is 0.188. The van der Waals surface area contributed by atoms with Crippen molar-refractivity contribution in [2.24, 2.45) is 0 Å². The molecule has 0 N–H and O–H groups in total. The Morgan fingerprint density at radius 1 is 0.857 bits per heavy atom. The molecule has 1 aliphatic heterocycles. The predicted octanol–water partition coefficient (Wildman–Crippen LogP) is 7.04. The minimum absolute atomic E-state index is 0.188. The third-order valence-corrected chi connectivity index (χ3v) is 7.20. The number of rotatable bonds is 1. The first kappa shape index (κ1) is 16.0. The molecular formula is C24H20N2OS. The Labute approximate surface area is 167 Å². The molecule has 0 aliphatic carbocycles. The van der Waals surface area contributed by atoms with Crippen LogP contribution in [0, 0.1) is 6.92 Å². The van der Waals surface area contributed by atoms with Crippen LogP contribution in [0.25, 0.3) is 31.1 Å². The molecule has 2 aromatic heterocycles. The number of thiophene rings is 1. The maximum Gasteiger partial charge on any atom is 0.222 e. The van der Waals surface area contributed by atoms with Gasteiger partial charge in [-0.3, -0.25) is 0 Å². The number of furan rings is 1. The number of para-hydroxylation sites is 1. The summed E-state index contributed by atoms with van der Waals surface area (Å²) in [6, 6.07) is 21.6. The Bertz CT molecular complexity index is 1380. The lowest BCUT2D eigenvalue weighted by Crippen LogP contribution is -2.36. The molecule has 3 heterocycles. The van der Waals surface area contributed by atoms with Gasteiger partial charge in [0.05, 0.1) is 10.4 Å². The predicted molar refractivity (Wildman–Crippen MR) is 120 cm³/mol. The highest BCUT2D eigenvalue weighted by Gasteiger charge is 2.38. The van der Waals surface area contributed by atoms with E-state index in [1.54, 1.807) is 0 Å². The molecule has 0 amide bonds. The van der Waals surface area contributed by atoms with E-state index in [9.17, 15) is 0 Å². The number of hydrogen-bond donors (Lipinski definition) is 0. The molecule has 3 aromatic carbocycles. The zero-order valence-electron chi connectivity index (χ0n) is 16.1. The normalized spacial score (nSPS) is 16.6. The van der Waals surface area contributed by atoms with Gasteiger partial charge < -0.3 is 14.2 Å². The van der Waals surface area contributed by atoms with Crippen LogP contribution in [0.5, 0.6) is 0 Å². The summed E-state index contributed by atoms with van der Waals surface area (Å²) in [4.78, 5) is 4.70. The SMILES string of the molecule is Cc1ccc2c(sc3ccccc32)c1N1c2c(oc3ccccc23)N(C)[C@@H]1C. The zero-order chi connectivity index (χ0) is 19.0. The highest BCUT2D eigenvalue weighted by Crippen LogP contribution is 2.53. The van der Waals surface area contributed by atoms with E-state index in [2.05, 4.69) is 85.3 Å². The molecule has 0 fully saturated rings. The molecule has 3 nitrogen and oxygen atoms in total. The van der Waals surface area contributed by atoms with Crippen LogP contribution in [0.3, 0.4) is 0 Å². The van der Waals surface area contributed by atoms with Crippen molar-refractivity contribution in [3.8, 4) is 0 Å². The summed E-state index contributed by atoms with van der Waals surface area (Å²) in [6.45, 7) is 4.46. The summed E-state index contributed by atoms with van der Waals surface area (Å²) in [6.07, 6.45) is 0.188. The fourth-order valence-corrected chi connectivity index (χ4v) is 5.79. The van der Waals surface area contributed by atoms with Crippen molar-refractivity contribution < 1.29 is 4.42 Å². The topological polar surface area (TPSA) is 19.6 Å². The molecule has 0 radical (unpaired) electrons. The number of fused-ring (bicyclic) bond motifs is 6. The van der Waals surface area contributed by atoms with E-state index >= 15 is 0 Å². The highest BCUT2D eigenvalue weighted by atomic mass is 32.1. The summed E-state index contributed by atoms with van der Waals surface area (Å²) >= 11 is 1.88. The van der Waals surface area contributed by atoms with Gasteiger partial charge in [0.25, 0.3) is 0 Å². The largest absolute Gasteiger partial charge is 0.438 e. The van der Waals surface area contributed by atoms with Crippen molar-refractivity contribution in [1.29, 1.82) is 0 Å². The van der Waals surface area contributed by atoms with Gasteiger partial charge in [-0.05, 0) is 37.6 Å². The van der Waals surface area contributed by atoms with E-state index < -0.39 is 0 Å². The number of aryl methyl sites for hydroxylation is 1. The van der Waals surface area contributed by atoms with Crippen molar-refractivity contribution in [2.45, 2.75) is 20.0 Å². The molecule has 0 spiro atoms. The fourth-order valence-electron chi connectivity index (χ4n) is 4.49. The maximum absolute atomic E-state index is 6.24. The second-order valence-corrected chi connectivity index (χ2v) is 8.62. The lowest BCUT2D eigenvalue weighted by molar-refractivity contribution is 0.589. The fraction of sp³-hybridized carbons (Fsp3) is 0.167. The molecule has 138 valence electrons. The highest BCUT2D eigenvalue weighted by molar-refractivity contribution is 7.26. The summed E-state index contributed by atoms with van der Waals surface area (Å²) < 4.78 is 8.93. The lowest BCUT2D eigenvalue weighted by Gasteiger charge is -2.29. The van der Waals surface area contributed by atoms with Crippen molar-refractivity contribution in [1.82, 2.24) is 0 Å². The molecule has 1 aliphatic rings. The average Bonchev–Trinajstić information content (AvgIpc) is 3.34. The number of hydrogen-bond acceptors (Lipinski definition) is 4. The van der Waals surface area contributed by atoms with Gasteiger partial charge in [0.2, 0.25) is 5.88 Å². The van der Waals surface area contributed by atoms with Crippen LogP contribution < -0.4 is 9.80 Å². The number of nitrogens with zero attached hydrogens (tertiary/aromatic N) is 2. The maximum atomic E-state index is 6.24. The van der Waals surface area contributed by atoms with Crippen LogP contribution >= 0.6 is 11.3 Å². The Morgan fingerprint density at radius 3 is 2.46 bits per heavy atom. The van der Waals surface area contributed by atoms with Crippen LogP contribution in [0.15, 0.2) is 65.1 Å². The van der Waals surface area contributed by atoms with Gasteiger partial charge in [-0.15, -0.1) is 11.3 Å². The van der Waals surface area contributed by atoms with Gasteiger partial charge in [0, 0.05) is 27.9 Å². The quantitative estimate of drug-likeness (QED) is 0.309. The standard InChI is InChI=1S/C24H20N2OS/c1-14-12-13-17-16-8-5-7-11-20(16)28-23(17)21(14)26-15(2)25(3)24-22(26)18-9-4-6-10-19(18)27-24/h4-13,15H,1-3H3/t15-/m0/s1. The summed E-state index contributed by atoms with van der Waals surface area (Å²) in [7, 11) is 2.12. The van der Waals surface area contributed by atoms with E-state index in [0.29, 0.717) is 0 Å². The molecule has 0 bridgehead atoms. The molecule has 0 saturated carbocycles. The van der Waals surface area contributed by atoms with Gasteiger partial charge in [0.1, 0.15) is 17.4 Å². The molecule has 1 atom stereocenters. The average molecular weight is 385 g/mol. The number of benzene rings is 3. The van der Waals surface area contributed by atoms with Gasteiger partial charge in [-0.1, -0.05) is 42.5 Å². The van der Waals surface area contributed by atoms with Gasteiger partial charge in [0.15, 0.2) is 0 Å². The molecule has 0 unspecified atom stereocenters. The monoisotopic (exact) mass is 384 g/mol. The van der Waals surface area contributed by atoms with Crippen LogP contribution in [0.4, 0.5) is 17.3 Å². The van der Waals surface area contributed by atoms with E-state index in [-0.39, 0.29) is 6.17 Å². The Kier molecular flexibility index (Phi) is 3.16. The summed E-state index contributed by atoms with van der Waals surface area (Å²) in [5.74, 6) is 0.950. The smallest absolute Gasteiger partial charge is 0.222 e. The first-order valence-electron chi connectivity index (χ1n) is 9.59. The summed E-state index contributed by atoms with van der Waals surface area (Å²) in [5.41, 5.74) is 4.71. The van der Waals surface area contributed by atoms with E-state index in [1.165, 1.54) is 42.5 Å². The van der Waals surface area contributed by atoms with Crippen LogP contribution in [-0.4, -0.2) is 13.2 Å².